The first-order chi connectivity index (χ1) is 8.93. The Kier molecular flexibility index (Phi) is 4.21. The van der Waals surface area contributed by atoms with E-state index in [0.717, 1.165) is 37.8 Å². The van der Waals surface area contributed by atoms with Gasteiger partial charge in [0, 0.05) is 17.8 Å². The van der Waals surface area contributed by atoms with Crippen LogP contribution in [0.3, 0.4) is 0 Å². The van der Waals surface area contributed by atoms with Crippen LogP contribution < -0.4 is 0 Å². The van der Waals surface area contributed by atoms with Crippen molar-refractivity contribution in [2.24, 2.45) is 5.92 Å². The summed E-state index contributed by atoms with van der Waals surface area (Å²) in [7, 11) is 0. The highest BCUT2D eigenvalue weighted by Gasteiger charge is 2.39. The lowest BCUT2D eigenvalue weighted by Gasteiger charge is -2.15. The molecule has 1 heterocycles. The molecular formula is C14H21F3N2. The first-order valence-corrected chi connectivity index (χ1v) is 7.09. The molecule has 2 rings (SSSR count). The van der Waals surface area contributed by atoms with Crippen molar-refractivity contribution in [3.05, 3.63) is 17.0 Å². The van der Waals surface area contributed by atoms with Crippen molar-refractivity contribution in [3.63, 3.8) is 0 Å². The summed E-state index contributed by atoms with van der Waals surface area (Å²) in [6.45, 7) is 4.83. The average molecular weight is 274 g/mol. The van der Waals surface area contributed by atoms with Crippen LogP contribution in [0, 0.1) is 5.92 Å². The molecule has 0 fully saturated rings. The quantitative estimate of drug-likeness (QED) is 0.804. The van der Waals surface area contributed by atoms with Gasteiger partial charge in [-0.2, -0.15) is 18.3 Å². The van der Waals surface area contributed by atoms with Crippen molar-refractivity contribution in [2.45, 2.75) is 65.1 Å². The molecule has 0 aromatic carbocycles. The van der Waals surface area contributed by atoms with Gasteiger partial charge >= 0.3 is 6.18 Å². The number of aromatic nitrogens is 2. The first-order valence-electron chi connectivity index (χ1n) is 7.09. The number of hydrogen-bond acceptors (Lipinski definition) is 1. The van der Waals surface area contributed by atoms with Crippen LogP contribution in [0.15, 0.2) is 0 Å². The number of rotatable bonds is 4. The fraction of sp³-hybridized carbons (Fsp3) is 0.786. The van der Waals surface area contributed by atoms with E-state index in [1.54, 1.807) is 4.68 Å². The van der Waals surface area contributed by atoms with E-state index in [2.05, 4.69) is 18.9 Å². The number of halogens is 3. The monoisotopic (exact) mass is 274 g/mol. The topological polar surface area (TPSA) is 17.8 Å². The van der Waals surface area contributed by atoms with Gasteiger partial charge < -0.3 is 0 Å². The maximum Gasteiger partial charge on any atom is 0.435 e. The van der Waals surface area contributed by atoms with Gasteiger partial charge in [0.15, 0.2) is 5.69 Å². The molecule has 0 amide bonds. The molecule has 108 valence electrons. The van der Waals surface area contributed by atoms with Crippen molar-refractivity contribution in [3.8, 4) is 0 Å². The third kappa shape index (κ3) is 3.12. The van der Waals surface area contributed by atoms with Crippen LogP contribution in [-0.2, 0) is 25.6 Å². The van der Waals surface area contributed by atoms with E-state index in [9.17, 15) is 13.2 Å². The van der Waals surface area contributed by atoms with Crippen LogP contribution in [-0.4, -0.2) is 9.78 Å². The molecule has 1 aromatic heterocycles. The zero-order valence-corrected chi connectivity index (χ0v) is 11.6. The Balaban J connectivity index is 2.26. The van der Waals surface area contributed by atoms with E-state index in [1.807, 2.05) is 0 Å². The Morgan fingerprint density at radius 1 is 1.26 bits per heavy atom. The van der Waals surface area contributed by atoms with Gasteiger partial charge in [0.1, 0.15) is 0 Å². The smallest absolute Gasteiger partial charge is 0.269 e. The Labute approximate surface area is 112 Å². The predicted molar refractivity (Wildman–Crippen MR) is 67.9 cm³/mol. The highest BCUT2D eigenvalue weighted by molar-refractivity contribution is 5.30. The van der Waals surface area contributed by atoms with E-state index in [4.69, 9.17) is 0 Å². The molecule has 5 heteroatoms. The summed E-state index contributed by atoms with van der Waals surface area (Å²) in [5, 5.41) is 3.86. The van der Waals surface area contributed by atoms with Crippen LogP contribution >= 0.6 is 0 Å². The fourth-order valence-corrected chi connectivity index (χ4v) is 2.63. The maximum atomic E-state index is 13.0. The summed E-state index contributed by atoms with van der Waals surface area (Å²) < 4.78 is 40.5. The summed E-state index contributed by atoms with van der Waals surface area (Å²) in [4.78, 5) is 0. The molecule has 0 saturated heterocycles. The normalized spacial score (nSPS) is 17.3. The third-order valence-corrected chi connectivity index (χ3v) is 4.06. The number of alkyl halides is 3. The lowest BCUT2D eigenvalue weighted by atomic mass is 9.95. The molecule has 19 heavy (non-hydrogen) atoms. The van der Waals surface area contributed by atoms with Crippen LogP contribution in [0.25, 0.3) is 0 Å². The second-order valence-electron chi connectivity index (χ2n) is 5.50. The summed E-state index contributed by atoms with van der Waals surface area (Å²) in [6, 6.07) is 0. The van der Waals surface area contributed by atoms with Gasteiger partial charge in [-0.1, -0.05) is 20.3 Å². The fourth-order valence-electron chi connectivity index (χ4n) is 2.63. The molecule has 0 bridgehead atoms. The minimum Gasteiger partial charge on any atom is -0.269 e. The Hall–Kier alpha value is -1.00. The van der Waals surface area contributed by atoms with E-state index in [1.165, 1.54) is 0 Å². The van der Waals surface area contributed by atoms with Gasteiger partial charge in [-0.05, 0) is 38.0 Å². The lowest BCUT2D eigenvalue weighted by Crippen LogP contribution is -2.11. The predicted octanol–water partition coefficient (Wildman–Crippen LogP) is 4.22. The van der Waals surface area contributed by atoms with Crippen molar-refractivity contribution in [1.82, 2.24) is 9.78 Å². The first kappa shape index (κ1) is 14.4. The van der Waals surface area contributed by atoms with E-state index < -0.39 is 11.9 Å². The maximum absolute atomic E-state index is 13.0. The molecule has 1 unspecified atom stereocenters. The van der Waals surface area contributed by atoms with Crippen molar-refractivity contribution in [1.29, 1.82) is 0 Å². The zero-order valence-electron chi connectivity index (χ0n) is 11.6. The minimum absolute atomic E-state index is 0.447. The standard InChI is InChI=1S/C14H21F3N2/c1-3-10(2)8-9-19-12-7-5-4-6-11(12)13(18-19)14(15,16)17/h10H,3-9H2,1-2H3. The highest BCUT2D eigenvalue weighted by Crippen LogP contribution is 2.35. The summed E-state index contributed by atoms with van der Waals surface area (Å²) in [5.41, 5.74) is 0.621. The van der Waals surface area contributed by atoms with Crippen LogP contribution in [0.5, 0.6) is 0 Å². The second-order valence-corrected chi connectivity index (χ2v) is 5.50. The van der Waals surface area contributed by atoms with Gasteiger partial charge in [0.05, 0.1) is 0 Å². The molecule has 1 atom stereocenters. The number of aryl methyl sites for hydroxylation is 1. The number of fused-ring (bicyclic) bond motifs is 1. The average Bonchev–Trinajstić information content (AvgIpc) is 2.75. The van der Waals surface area contributed by atoms with Crippen LogP contribution in [0.1, 0.15) is 56.5 Å². The van der Waals surface area contributed by atoms with Crippen molar-refractivity contribution in [2.75, 3.05) is 0 Å². The Morgan fingerprint density at radius 3 is 2.58 bits per heavy atom. The van der Waals surface area contributed by atoms with Crippen molar-refractivity contribution >= 4 is 0 Å². The summed E-state index contributed by atoms with van der Waals surface area (Å²) in [5.74, 6) is 0.526. The van der Waals surface area contributed by atoms with Crippen LogP contribution in [0.2, 0.25) is 0 Å². The molecule has 0 N–H and O–H groups in total. The molecule has 1 aliphatic rings. The lowest BCUT2D eigenvalue weighted by molar-refractivity contribution is -0.142. The molecule has 0 spiro atoms. The Bertz CT molecular complexity index is 435. The minimum atomic E-state index is -4.32. The second kappa shape index (κ2) is 5.55. The van der Waals surface area contributed by atoms with Gasteiger partial charge in [-0.3, -0.25) is 4.68 Å². The Morgan fingerprint density at radius 2 is 1.95 bits per heavy atom. The van der Waals surface area contributed by atoms with Gasteiger partial charge in [0.2, 0.25) is 0 Å². The summed E-state index contributed by atoms with van der Waals surface area (Å²) >= 11 is 0. The molecule has 0 aliphatic heterocycles. The highest BCUT2D eigenvalue weighted by atomic mass is 19.4. The van der Waals surface area contributed by atoms with E-state index in [-0.39, 0.29) is 0 Å². The largest absolute Gasteiger partial charge is 0.435 e. The van der Waals surface area contributed by atoms with Crippen molar-refractivity contribution < 1.29 is 13.2 Å². The number of nitrogens with zero attached hydrogens (tertiary/aromatic N) is 2. The summed E-state index contributed by atoms with van der Waals surface area (Å²) in [6.07, 6.45) is 0.694. The molecule has 1 aromatic rings. The zero-order chi connectivity index (χ0) is 14.0. The third-order valence-electron chi connectivity index (χ3n) is 4.06. The number of hydrogen-bond donors (Lipinski definition) is 0. The molecule has 2 nitrogen and oxygen atoms in total. The van der Waals surface area contributed by atoms with Gasteiger partial charge in [0.25, 0.3) is 0 Å². The molecule has 0 radical (unpaired) electrons. The molecular weight excluding hydrogens is 253 g/mol. The van der Waals surface area contributed by atoms with Crippen LogP contribution in [0.4, 0.5) is 13.2 Å². The van der Waals surface area contributed by atoms with Gasteiger partial charge in [-0.15, -0.1) is 0 Å². The SMILES string of the molecule is CCC(C)CCn1nc(C(F)(F)F)c2c1CCCC2. The van der Waals surface area contributed by atoms with Gasteiger partial charge in [-0.25, -0.2) is 0 Å². The van der Waals surface area contributed by atoms with E-state index >= 15 is 0 Å². The van der Waals surface area contributed by atoms with E-state index in [0.29, 0.717) is 24.4 Å². The molecule has 1 aliphatic carbocycles. The molecule has 0 saturated carbocycles.